The zero-order valence-corrected chi connectivity index (χ0v) is 16.3. The molecule has 9 heteroatoms. The lowest BCUT2D eigenvalue weighted by molar-refractivity contribution is -0.139. The van der Waals surface area contributed by atoms with Crippen LogP contribution in [-0.4, -0.2) is 56.6 Å². The minimum atomic E-state index is -0.904. The second-order valence-corrected chi connectivity index (χ2v) is 8.04. The van der Waals surface area contributed by atoms with E-state index in [-0.39, 0.29) is 30.8 Å². The van der Waals surface area contributed by atoms with Crippen LogP contribution in [0, 0.1) is 5.41 Å². The third-order valence-electron chi connectivity index (χ3n) is 4.80. The van der Waals surface area contributed by atoms with E-state index in [1.807, 2.05) is 25.2 Å². The molecule has 1 saturated heterocycles. The lowest BCUT2D eigenvalue weighted by atomic mass is 9.85. The van der Waals surface area contributed by atoms with E-state index in [1.54, 1.807) is 20.0 Å². The molecule has 0 spiro atoms. The molecule has 2 N–H and O–H groups in total. The van der Waals surface area contributed by atoms with Gasteiger partial charge in [0.2, 0.25) is 17.6 Å². The summed E-state index contributed by atoms with van der Waals surface area (Å²) in [7, 11) is 1.94. The van der Waals surface area contributed by atoms with Gasteiger partial charge in [-0.2, -0.15) is 4.98 Å². The van der Waals surface area contributed by atoms with Crippen LogP contribution in [0.4, 0.5) is 0 Å². The largest absolute Gasteiger partial charge is 0.481 e. The summed E-state index contributed by atoms with van der Waals surface area (Å²) in [4.78, 5) is 34.0. The Balaban J connectivity index is 1.60. The van der Waals surface area contributed by atoms with E-state index in [9.17, 15) is 9.59 Å². The molecule has 0 aliphatic carbocycles. The van der Waals surface area contributed by atoms with E-state index in [0.29, 0.717) is 30.4 Å². The number of aliphatic carboxylic acids is 1. The van der Waals surface area contributed by atoms with Crippen molar-refractivity contribution in [2.24, 2.45) is 5.41 Å². The number of likely N-dealkylation sites (N-methyl/N-ethyl adjacent to an activating group) is 1. The van der Waals surface area contributed by atoms with Gasteiger partial charge in [0, 0.05) is 25.2 Å². The predicted octanol–water partition coefficient (Wildman–Crippen LogP) is 1.88. The van der Waals surface area contributed by atoms with Gasteiger partial charge in [-0.25, -0.2) is 0 Å². The van der Waals surface area contributed by atoms with E-state index in [1.165, 1.54) is 0 Å². The molecule has 1 fully saturated rings. The fraction of sp³-hybridized carbons (Fsp3) is 0.526. The van der Waals surface area contributed by atoms with Crippen molar-refractivity contribution in [3.05, 3.63) is 30.3 Å². The average Bonchev–Trinajstić information content (AvgIpc) is 3.20. The fourth-order valence-electron chi connectivity index (χ4n) is 3.55. The van der Waals surface area contributed by atoms with E-state index < -0.39 is 11.4 Å². The fourth-order valence-corrected chi connectivity index (χ4v) is 3.55. The lowest BCUT2D eigenvalue weighted by Gasteiger charge is -2.22. The van der Waals surface area contributed by atoms with Gasteiger partial charge in [-0.15, -0.1) is 0 Å². The van der Waals surface area contributed by atoms with Crippen molar-refractivity contribution in [2.45, 2.75) is 45.2 Å². The summed E-state index contributed by atoms with van der Waals surface area (Å²) in [6, 6.07) is 5.34. The van der Waals surface area contributed by atoms with Crippen LogP contribution in [0.25, 0.3) is 11.5 Å². The number of aromatic nitrogens is 3. The Morgan fingerprint density at radius 2 is 2.14 bits per heavy atom. The Labute approximate surface area is 163 Å². The number of likely N-dealkylation sites (tertiary alicyclic amines) is 1. The Morgan fingerprint density at radius 3 is 2.82 bits per heavy atom. The van der Waals surface area contributed by atoms with Crippen LogP contribution in [0.15, 0.2) is 28.9 Å². The molecule has 0 unspecified atom stereocenters. The van der Waals surface area contributed by atoms with Crippen molar-refractivity contribution in [2.75, 3.05) is 13.6 Å². The quantitative estimate of drug-likeness (QED) is 0.739. The summed E-state index contributed by atoms with van der Waals surface area (Å²) in [5, 5.41) is 16.0. The highest BCUT2D eigenvalue weighted by atomic mass is 16.5. The molecule has 1 aliphatic rings. The minimum absolute atomic E-state index is 0.0497. The molecule has 0 bridgehead atoms. The molecule has 2 aromatic rings. The lowest BCUT2D eigenvalue weighted by Crippen LogP contribution is -2.38. The number of nitrogens with one attached hydrogen (secondary N) is 1. The summed E-state index contributed by atoms with van der Waals surface area (Å²) >= 11 is 0. The normalized spacial score (nSPS) is 20.2. The first kappa shape index (κ1) is 19.9. The van der Waals surface area contributed by atoms with Crippen molar-refractivity contribution in [3.63, 3.8) is 0 Å². The van der Waals surface area contributed by atoms with Gasteiger partial charge < -0.3 is 14.9 Å². The number of rotatable bonds is 7. The van der Waals surface area contributed by atoms with Crippen LogP contribution in [0.5, 0.6) is 0 Å². The number of amides is 1. The van der Waals surface area contributed by atoms with Gasteiger partial charge in [-0.3, -0.25) is 19.5 Å². The smallest absolute Gasteiger partial charge is 0.303 e. The van der Waals surface area contributed by atoms with Crippen LogP contribution >= 0.6 is 0 Å². The van der Waals surface area contributed by atoms with Gasteiger partial charge in [0.25, 0.3) is 0 Å². The van der Waals surface area contributed by atoms with Crippen molar-refractivity contribution in [3.8, 4) is 11.5 Å². The predicted molar refractivity (Wildman–Crippen MR) is 100 cm³/mol. The zero-order chi connectivity index (χ0) is 20.3. The third-order valence-corrected chi connectivity index (χ3v) is 4.80. The van der Waals surface area contributed by atoms with Gasteiger partial charge in [0.1, 0.15) is 5.69 Å². The number of nitrogens with zero attached hydrogens (tertiary/aromatic N) is 4. The number of carboxylic acids is 1. The van der Waals surface area contributed by atoms with Crippen LogP contribution in [0.3, 0.4) is 0 Å². The van der Waals surface area contributed by atoms with E-state index in [0.717, 1.165) is 0 Å². The molecular weight excluding hydrogens is 362 g/mol. The number of hydrogen-bond donors (Lipinski definition) is 2. The van der Waals surface area contributed by atoms with E-state index in [4.69, 9.17) is 9.63 Å². The van der Waals surface area contributed by atoms with Crippen LogP contribution < -0.4 is 5.32 Å². The maximum absolute atomic E-state index is 12.4. The maximum Gasteiger partial charge on any atom is 0.303 e. The Kier molecular flexibility index (Phi) is 5.73. The standard InChI is InChI=1S/C19H25N5O4/c1-19(2,10-16(26)27)9-15(25)21-12-8-14(24(3)11-12)18-22-17(23-28-18)13-6-4-5-7-20-13/h4-7,12,14H,8-11H2,1-3H3,(H,21,25)(H,26,27)/t12-,14+/m1/s1. The third kappa shape index (κ3) is 4.92. The summed E-state index contributed by atoms with van der Waals surface area (Å²) in [6.07, 6.45) is 2.43. The SMILES string of the molecule is CN1C[C@H](NC(=O)CC(C)(C)CC(=O)O)C[C@H]1c1nc(-c2ccccn2)no1. The number of carbonyl (C=O) groups is 2. The molecule has 1 aliphatic heterocycles. The molecule has 0 radical (unpaired) electrons. The van der Waals surface area contributed by atoms with Gasteiger partial charge in [0.05, 0.1) is 12.5 Å². The molecule has 150 valence electrons. The average molecular weight is 387 g/mol. The molecular formula is C19H25N5O4. The van der Waals surface area contributed by atoms with Crippen LogP contribution in [0.2, 0.25) is 0 Å². The van der Waals surface area contributed by atoms with Crippen molar-refractivity contribution >= 4 is 11.9 Å². The Bertz CT molecular complexity index is 836. The Hall–Kier alpha value is -2.81. The van der Waals surface area contributed by atoms with E-state index in [2.05, 4.69) is 25.3 Å². The highest BCUT2D eigenvalue weighted by Crippen LogP contribution is 2.31. The number of carbonyl (C=O) groups excluding carboxylic acids is 1. The topological polar surface area (TPSA) is 121 Å². The second-order valence-electron chi connectivity index (χ2n) is 8.04. The van der Waals surface area contributed by atoms with Crippen molar-refractivity contribution in [1.82, 2.24) is 25.3 Å². The summed E-state index contributed by atoms with van der Waals surface area (Å²) < 4.78 is 5.43. The van der Waals surface area contributed by atoms with Gasteiger partial charge in [0.15, 0.2) is 0 Å². The second kappa shape index (κ2) is 8.05. The Morgan fingerprint density at radius 1 is 1.36 bits per heavy atom. The number of hydrogen-bond acceptors (Lipinski definition) is 7. The first-order chi connectivity index (χ1) is 13.2. The highest BCUT2D eigenvalue weighted by molar-refractivity contribution is 5.78. The number of carboxylic acid groups (broad SMARTS) is 1. The van der Waals surface area contributed by atoms with Crippen molar-refractivity contribution < 1.29 is 19.2 Å². The molecule has 2 atom stereocenters. The van der Waals surface area contributed by atoms with Crippen molar-refractivity contribution in [1.29, 1.82) is 0 Å². The van der Waals surface area contributed by atoms with Crippen LogP contribution in [-0.2, 0) is 9.59 Å². The molecule has 3 rings (SSSR count). The minimum Gasteiger partial charge on any atom is -0.481 e. The molecule has 2 aromatic heterocycles. The highest BCUT2D eigenvalue weighted by Gasteiger charge is 2.36. The molecule has 28 heavy (non-hydrogen) atoms. The van der Waals surface area contributed by atoms with Gasteiger partial charge in [-0.1, -0.05) is 25.1 Å². The van der Waals surface area contributed by atoms with Gasteiger partial charge >= 0.3 is 5.97 Å². The molecule has 1 amide bonds. The molecule has 0 aromatic carbocycles. The van der Waals surface area contributed by atoms with Crippen LogP contribution in [0.1, 0.15) is 45.0 Å². The summed E-state index contributed by atoms with van der Waals surface area (Å²) in [5.74, 6) is -0.124. The maximum atomic E-state index is 12.4. The zero-order valence-electron chi connectivity index (χ0n) is 16.3. The first-order valence-corrected chi connectivity index (χ1v) is 9.20. The molecule has 0 saturated carbocycles. The molecule has 3 heterocycles. The summed E-state index contributed by atoms with van der Waals surface area (Å²) in [6.45, 7) is 4.21. The monoisotopic (exact) mass is 387 g/mol. The van der Waals surface area contributed by atoms with E-state index >= 15 is 0 Å². The number of pyridine rings is 1. The molecule has 9 nitrogen and oxygen atoms in total. The summed E-state index contributed by atoms with van der Waals surface area (Å²) in [5.41, 5.74) is 0.0489. The first-order valence-electron chi connectivity index (χ1n) is 9.20. The van der Waals surface area contributed by atoms with Gasteiger partial charge in [-0.05, 0) is 31.0 Å².